The number of amides is 1. The molecule has 12 heavy (non-hydrogen) atoms. The van der Waals surface area contributed by atoms with Crippen molar-refractivity contribution in [2.45, 2.75) is 27.2 Å². The van der Waals surface area contributed by atoms with Crippen molar-refractivity contribution in [3.05, 3.63) is 0 Å². The molecule has 0 fully saturated rings. The molecule has 0 aromatic heterocycles. The van der Waals surface area contributed by atoms with E-state index in [2.05, 4.69) is 17.6 Å². The number of rotatable bonds is 5. The smallest absolute Gasteiger partial charge is 0.226 e. The van der Waals surface area contributed by atoms with Crippen LogP contribution in [0.1, 0.15) is 27.2 Å². The molecule has 3 heteroatoms. The molecule has 0 spiro atoms. The monoisotopic (exact) mass is 172 g/mol. The Labute approximate surface area is 74.9 Å². The summed E-state index contributed by atoms with van der Waals surface area (Å²) in [5.41, 5.74) is -0.302. The summed E-state index contributed by atoms with van der Waals surface area (Å²) < 4.78 is 0. The van der Waals surface area contributed by atoms with E-state index in [-0.39, 0.29) is 11.3 Å². The van der Waals surface area contributed by atoms with Crippen LogP contribution in [-0.4, -0.2) is 26.0 Å². The van der Waals surface area contributed by atoms with Gasteiger partial charge in [-0.15, -0.1) is 0 Å². The Kier molecular flexibility index (Phi) is 4.90. The minimum Gasteiger partial charge on any atom is -0.359 e. The van der Waals surface area contributed by atoms with E-state index in [0.29, 0.717) is 0 Å². The summed E-state index contributed by atoms with van der Waals surface area (Å²) in [6, 6.07) is 0. The summed E-state index contributed by atoms with van der Waals surface area (Å²) in [5.74, 6) is 0.0890. The number of carbonyl (C=O) groups is 1. The van der Waals surface area contributed by atoms with Gasteiger partial charge in [0.15, 0.2) is 0 Å². The molecule has 1 amide bonds. The molecule has 0 aromatic rings. The first-order valence-electron chi connectivity index (χ1n) is 4.47. The van der Waals surface area contributed by atoms with Crippen molar-refractivity contribution in [2.24, 2.45) is 5.41 Å². The topological polar surface area (TPSA) is 41.1 Å². The van der Waals surface area contributed by atoms with E-state index in [4.69, 9.17) is 0 Å². The van der Waals surface area contributed by atoms with Crippen LogP contribution < -0.4 is 10.6 Å². The summed E-state index contributed by atoms with van der Waals surface area (Å²) in [4.78, 5) is 11.3. The van der Waals surface area contributed by atoms with Crippen LogP contribution in [0.4, 0.5) is 0 Å². The van der Waals surface area contributed by atoms with Gasteiger partial charge in [0.2, 0.25) is 5.91 Å². The third-order valence-corrected chi connectivity index (χ3v) is 1.84. The van der Waals surface area contributed by atoms with Crippen LogP contribution in [0.2, 0.25) is 0 Å². The first-order valence-corrected chi connectivity index (χ1v) is 4.47. The van der Waals surface area contributed by atoms with Crippen LogP contribution in [0.15, 0.2) is 0 Å². The SMILES string of the molecule is CCCNCC(C)(C)C(=O)NC. The number of nitrogens with one attached hydrogen (secondary N) is 2. The first-order chi connectivity index (χ1) is 5.54. The van der Waals surface area contributed by atoms with Gasteiger partial charge in [-0.05, 0) is 26.8 Å². The third-order valence-electron chi connectivity index (χ3n) is 1.84. The Morgan fingerprint density at radius 1 is 1.42 bits per heavy atom. The van der Waals surface area contributed by atoms with Crippen LogP contribution in [0.25, 0.3) is 0 Å². The van der Waals surface area contributed by atoms with Crippen molar-refractivity contribution >= 4 is 5.91 Å². The molecule has 0 aromatic carbocycles. The fourth-order valence-corrected chi connectivity index (χ4v) is 0.996. The second-order valence-corrected chi connectivity index (χ2v) is 3.64. The highest BCUT2D eigenvalue weighted by molar-refractivity contribution is 5.81. The average Bonchev–Trinajstić information content (AvgIpc) is 2.03. The normalized spacial score (nSPS) is 11.3. The van der Waals surface area contributed by atoms with E-state index in [1.165, 1.54) is 0 Å². The lowest BCUT2D eigenvalue weighted by atomic mass is 9.92. The zero-order valence-electron chi connectivity index (χ0n) is 8.53. The Balaban J connectivity index is 3.78. The molecule has 0 bridgehead atoms. The molecular formula is C9H20N2O. The molecule has 0 unspecified atom stereocenters. The Bertz CT molecular complexity index is 143. The number of carbonyl (C=O) groups excluding carboxylic acids is 1. The molecular weight excluding hydrogens is 152 g/mol. The van der Waals surface area contributed by atoms with E-state index in [1.807, 2.05) is 13.8 Å². The largest absolute Gasteiger partial charge is 0.359 e. The van der Waals surface area contributed by atoms with Crippen molar-refractivity contribution in [2.75, 3.05) is 20.1 Å². The summed E-state index contributed by atoms with van der Waals surface area (Å²) in [6.07, 6.45) is 1.10. The Morgan fingerprint density at radius 2 is 2.00 bits per heavy atom. The molecule has 0 aliphatic heterocycles. The van der Waals surface area contributed by atoms with Crippen molar-refractivity contribution in [1.82, 2.24) is 10.6 Å². The minimum absolute atomic E-state index is 0.0890. The summed E-state index contributed by atoms with van der Waals surface area (Å²) in [5, 5.41) is 5.88. The van der Waals surface area contributed by atoms with Gasteiger partial charge < -0.3 is 10.6 Å². The molecule has 0 aliphatic carbocycles. The van der Waals surface area contributed by atoms with E-state index >= 15 is 0 Å². The van der Waals surface area contributed by atoms with Gasteiger partial charge in [0.1, 0.15) is 0 Å². The molecule has 0 heterocycles. The van der Waals surface area contributed by atoms with Crippen LogP contribution in [0.5, 0.6) is 0 Å². The van der Waals surface area contributed by atoms with E-state index in [0.717, 1.165) is 19.5 Å². The van der Waals surface area contributed by atoms with Gasteiger partial charge in [-0.3, -0.25) is 4.79 Å². The molecule has 2 N–H and O–H groups in total. The molecule has 0 aliphatic rings. The minimum atomic E-state index is -0.302. The standard InChI is InChI=1S/C9H20N2O/c1-5-6-11-7-9(2,3)8(12)10-4/h11H,5-7H2,1-4H3,(H,10,12). The van der Waals surface area contributed by atoms with Crippen molar-refractivity contribution in [3.8, 4) is 0 Å². The highest BCUT2D eigenvalue weighted by atomic mass is 16.2. The lowest BCUT2D eigenvalue weighted by Crippen LogP contribution is -2.42. The highest BCUT2D eigenvalue weighted by Crippen LogP contribution is 2.12. The average molecular weight is 172 g/mol. The van der Waals surface area contributed by atoms with Crippen LogP contribution in [-0.2, 0) is 4.79 Å². The predicted octanol–water partition coefficient (Wildman–Crippen LogP) is 0.758. The first kappa shape index (κ1) is 11.4. The molecule has 0 saturated carbocycles. The molecule has 0 radical (unpaired) electrons. The summed E-state index contributed by atoms with van der Waals surface area (Å²) in [6.45, 7) is 7.70. The van der Waals surface area contributed by atoms with Gasteiger partial charge in [0.25, 0.3) is 0 Å². The van der Waals surface area contributed by atoms with Crippen LogP contribution >= 0.6 is 0 Å². The second-order valence-electron chi connectivity index (χ2n) is 3.64. The zero-order chi connectivity index (χ0) is 9.61. The van der Waals surface area contributed by atoms with E-state index in [1.54, 1.807) is 7.05 Å². The van der Waals surface area contributed by atoms with Gasteiger partial charge in [-0.25, -0.2) is 0 Å². The lowest BCUT2D eigenvalue weighted by Gasteiger charge is -2.22. The number of hydrogen-bond acceptors (Lipinski definition) is 2. The predicted molar refractivity (Wildman–Crippen MR) is 51.0 cm³/mol. The van der Waals surface area contributed by atoms with Gasteiger partial charge in [0, 0.05) is 13.6 Å². The quantitative estimate of drug-likeness (QED) is 0.601. The van der Waals surface area contributed by atoms with Gasteiger partial charge in [0.05, 0.1) is 5.41 Å². The van der Waals surface area contributed by atoms with Crippen molar-refractivity contribution in [3.63, 3.8) is 0 Å². The maximum atomic E-state index is 11.3. The lowest BCUT2D eigenvalue weighted by molar-refractivity contribution is -0.128. The fourth-order valence-electron chi connectivity index (χ4n) is 0.996. The molecule has 0 atom stereocenters. The molecule has 72 valence electrons. The van der Waals surface area contributed by atoms with E-state index in [9.17, 15) is 4.79 Å². The zero-order valence-corrected chi connectivity index (χ0v) is 8.53. The fraction of sp³-hybridized carbons (Fsp3) is 0.889. The van der Waals surface area contributed by atoms with Gasteiger partial charge in [-0.1, -0.05) is 6.92 Å². The van der Waals surface area contributed by atoms with Crippen LogP contribution in [0.3, 0.4) is 0 Å². The van der Waals surface area contributed by atoms with Crippen LogP contribution in [0, 0.1) is 5.41 Å². The molecule has 0 rings (SSSR count). The van der Waals surface area contributed by atoms with Gasteiger partial charge in [-0.2, -0.15) is 0 Å². The number of hydrogen-bond donors (Lipinski definition) is 2. The maximum Gasteiger partial charge on any atom is 0.226 e. The Hall–Kier alpha value is -0.570. The van der Waals surface area contributed by atoms with Gasteiger partial charge >= 0.3 is 0 Å². The van der Waals surface area contributed by atoms with Crippen molar-refractivity contribution in [1.29, 1.82) is 0 Å². The maximum absolute atomic E-state index is 11.3. The third kappa shape index (κ3) is 3.72. The van der Waals surface area contributed by atoms with E-state index < -0.39 is 0 Å². The second kappa shape index (κ2) is 5.14. The highest BCUT2D eigenvalue weighted by Gasteiger charge is 2.25. The summed E-state index contributed by atoms with van der Waals surface area (Å²) in [7, 11) is 1.67. The molecule has 0 saturated heterocycles. The van der Waals surface area contributed by atoms with Crippen molar-refractivity contribution < 1.29 is 4.79 Å². The Morgan fingerprint density at radius 3 is 2.42 bits per heavy atom. The molecule has 3 nitrogen and oxygen atoms in total. The summed E-state index contributed by atoms with van der Waals surface area (Å²) >= 11 is 0.